The first-order chi connectivity index (χ1) is 10.8. The molecule has 0 radical (unpaired) electrons. The van der Waals surface area contributed by atoms with Crippen LogP contribution in [0.5, 0.6) is 0 Å². The maximum absolute atomic E-state index is 6.17. The molecule has 0 amide bonds. The Kier molecular flexibility index (Phi) is 5.76. The zero-order valence-electron chi connectivity index (χ0n) is 12.6. The van der Waals surface area contributed by atoms with Gasteiger partial charge in [0.2, 0.25) is 0 Å². The Morgan fingerprint density at radius 2 is 2.05 bits per heavy atom. The van der Waals surface area contributed by atoms with Gasteiger partial charge in [0, 0.05) is 18.0 Å². The number of rotatable bonds is 6. The predicted molar refractivity (Wildman–Crippen MR) is 91.5 cm³/mol. The van der Waals surface area contributed by atoms with Gasteiger partial charge in [-0.15, -0.1) is 11.8 Å². The summed E-state index contributed by atoms with van der Waals surface area (Å²) >= 11 is 8.03. The van der Waals surface area contributed by atoms with E-state index in [1.165, 1.54) is 30.7 Å². The lowest BCUT2D eigenvalue weighted by molar-refractivity contribution is 0.180. The van der Waals surface area contributed by atoms with E-state index in [9.17, 15) is 0 Å². The topological polar surface area (TPSA) is 34.0 Å². The SMILES string of the molecule is Clc1ccccc1SCCCN1CCC(n2cncn2)CC1. The average Bonchev–Trinajstić information content (AvgIpc) is 3.08. The fourth-order valence-corrected chi connectivity index (χ4v) is 4.02. The van der Waals surface area contributed by atoms with Crippen molar-refractivity contribution in [2.75, 3.05) is 25.4 Å². The monoisotopic (exact) mass is 336 g/mol. The van der Waals surface area contributed by atoms with Crippen molar-refractivity contribution < 1.29 is 0 Å². The van der Waals surface area contributed by atoms with Gasteiger partial charge in [-0.05, 0) is 43.7 Å². The molecule has 1 saturated heterocycles. The number of benzene rings is 1. The van der Waals surface area contributed by atoms with Gasteiger partial charge in [-0.1, -0.05) is 23.7 Å². The molecule has 2 heterocycles. The minimum atomic E-state index is 0.524. The van der Waals surface area contributed by atoms with Crippen molar-refractivity contribution in [3.8, 4) is 0 Å². The molecule has 4 nitrogen and oxygen atoms in total. The molecule has 2 aromatic rings. The number of hydrogen-bond donors (Lipinski definition) is 0. The van der Waals surface area contributed by atoms with Crippen LogP contribution in [0, 0.1) is 0 Å². The molecule has 0 unspecified atom stereocenters. The summed E-state index contributed by atoms with van der Waals surface area (Å²) in [6, 6.07) is 8.60. The van der Waals surface area contributed by atoms with E-state index < -0.39 is 0 Å². The smallest absolute Gasteiger partial charge is 0.137 e. The highest BCUT2D eigenvalue weighted by Crippen LogP contribution is 2.27. The first-order valence-electron chi connectivity index (χ1n) is 7.77. The Labute approximate surface area is 140 Å². The Balaban J connectivity index is 1.35. The standard InChI is InChI=1S/C16H21ClN4S/c17-15-4-1-2-5-16(15)22-11-3-8-20-9-6-14(7-10-20)21-13-18-12-19-21/h1-2,4-5,12-14H,3,6-11H2. The van der Waals surface area contributed by atoms with Crippen LogP contribution < -0.4 is 0 Å². The zero-order valence-corrected chi connectivity index (χ0v) is 14.1. The zero-order chi connectivity index (χ0) is 15.2. The highest BCUT2D eigenvalue weighted by Gasteiger charge is 2.20. The normalized spacial score (nSPS) is 17.0. The number of hydrogen-bond acceptors (Lipinski definition) is 4. The van der Waals surface area contributed by atoms with E-state index in [0.717, 1.165) is 23.9 Å². The molecule has 118 valence electrons. The van der Waals surface area contributed by atoms with E-state index in [4.69, 9.17) is 11.6 Å². The second-order valence-corrected chi connectivity index (χ2v) is 7.12. The van der Waals surface area contributed by atoms with Crippen LogP contribution in [0.25, 0.3) is 0 Å². The van der Waals surface area contributed by atoms with Crippen molar-refractivity contribution in [2.24, 2.45) is 0 Å². The molecule has 1 aliphatic heterocycles. The molecule has 0 bridgehead atoms. The summed E-state index contributed by atoms with van der Waals surface area (Å²) in [6.07, 6.45) is 6.99. The van der Waals surface area contributed by atoms with Gasteiger partial charge in [-0.3, -0.25) is 0 Å². The van der Waals surface area contributed by atoms with Crippen molar-refractivity contribution in [1.82, 2.24) is 19.7 Å². The Hall–Kier alpha value is -1.04. The number of halogens is 1. The van der Waals surface area contributed by atoms with Gasteiger partial charge in [0.1, 0.15) is 12.7 Å². The Bertz CT molecular complexity index is 567. The molecule has 0 N–H and O–H groups in total. The van der Waals surface area contributed by atoms with Crippen LogP contribution in [0.2, 0.25) is 5.02 Å². The third-order valence-electron chi connectivity index (χ3n) is 4.08. The summed E-state index contributed by atoms with van der Waals surface area (Å²) < 4.78 is 2.00. The highest BCUT2D eigenvalue weighted by atomic mass is 35.5. The van der Waals surface area contributed by atoms with Crippen LogP contribution in [0.15, 0.2) is 41.8 Å². The second-order valence-electron chi connectivity index (χ2n) is 5.58. The molecule has 0 aliphatic carbocycles. The molecule has 0 spiro atoms. The molecule has 1 aliphatic rings. The molecule has 1 aromatic heterocycles. The lowest BCUT2D eigenvalue weighted by atomic mass is 10.1. The number of nitrogens with zero attached hydrogens (tertiary/aromatic N) is 4. The fourth-order valence-electron chi connectivity index (χ4n) is 2.85. The van der Waals surface area contributed by atoms with Gasteiger partial charge in [0.25, 0.3) is 0 Å². The molecule has 1 fully saturated rings. The van der Waals surface area contributed by atoms with Gasteiger partial charge >= 0.3 is 0 Å². The molecule has 0 saturated carbocycles. The number of thioether (sulfide) groups is 1. The van der Waals surface area contributed by atoms with Crippen molar-refractivity contribution in [3.63, 3.8) is 0 Å². The fraction of sp³-hybridized carbons (Fsp3) is 0.500. The molecule has 1 aromatic carbocycles. The van der Waals surface area contributed by atoms with E-state index in [2.05, 4.69) is 21.0 Å². The number of piperidine rings is 1. The maximum Gasteiger partial charge on any atom is 0.137 e. The van der Waals surface area contributed by atoms with Gasteiger partial charge in [0.05, 0.1) is 11.1 Å². The van der Waals surface area contributed by atoms with Gasteiger partial charge in [0.15, 0.2) is 0 Å². The first-order valence-corrected chi connectivity index (χ1v) is 9.13. The first kappa shape index (κ1) is 15.8. The van der Waals surface area contributed by atoms with E-state index in [-0.39, 0.29) is 0 Å². The van der Waals surface area contributed by atoms with Crippen LogP contribution in [0.3, 0.4) is 0 Å². The van der Waals surface area contributed by atoms with E-state index >= 15 is 0 Å². The molecule has 6 heteroatoms. The van der Waals surface area contributed by atoms with Crippen LogP contribution >= 0.6 is 23.4 Å². The summed E-state index contributed by atoms with van der Waals surface area (Å²) in [5.74, 6) is 1.12. The summed E-state index contributed by atoms with van der Waals surface area (Å²) in [5.41, 5.74) is 0. The van der Waals surface area contributed by atoms with Crippen LogP contribution in [-0.2, 0) is 0 Å². The lowest BCUT2D eigenvalue weighted by Crippen LogP contribution is -2.35. The molecule has 3 rings (SSSR count). The lowest BCUT2D eigenvalue weighted by Gasteiger charge is -2.31. The summed E-state index contributed by atoms with van der Waals surface area (Å²) in [6.45, 7) is 3.48. The van der Waals surface area contributed by atoms with Crippen LogP contribution in [-0.4, -0.2) is 45.1 Å². The third kappa shape index (κ3) is 4.24. The van der Waals surface area contributed by atoms with E-state index in [1.54, 1.807) is 6.33 Å². The number of likely N-dealkylation sites (tertiary alicyclic amines) is 1. The van der Waals surface area contributed by atoms with Crippen LogP contribution in [0.4, 0.5) is 0 Å². The van der Waals surface area contributed by atoms with Crippen molar-refractivity contribution in [2.45, 2.75) is 30.2 Å². The minimum Gasteiger partial charge on any atom is -0.303 e. The third-order valence-corrected chi connectivity index (χ3v) is 5.68. The maximum atomic E-state index is 6.17. The summed E-state index contributed by atoms with van der Waals surface area (Å²) in [4.78, 5) is 7.78. The van der Waals surface area contributed by atoms with Gasteiger partial charge in [-0.25, -0.2) is 9.67 Å². The minimum absolute atomic E-state index is 0.524. The quantitative estimate of drug-likeness (QED) is 0.594. The Morgan fingerprint density at radius 3 is 2.77 bits per heavy atom. The van der Waals surface area contributed by atoms with Crippen molar-refractivity contribution in [1.29, 1.82) is 0 Å². The van der Waals surface area contributed by atoms with Gasteiger partial charge in [-0.2, -0.15) is 5.10 Å². The summed E-state index contributed by atoms with van der Waals surface area (Å²) in [7, 11) is 0. The largest absolute Gasteiger partial charge is 0.303 e. The molecule has 22 heavy (non-hydrogen) atoms. The molecular formula is C16H21ClN4S. The second kappa shape index (κ2) is 7.99. The van der Waals surface area contributed by atoms with Gasteiger partial charge < -0.3 is 4.90 Å². The summed E-state index contributed by atoms with van der Waals surface area (Å²) in [5, 5.41) is 5.12. The van der Waals surface area contributed by atoms with Crippen molar-refractivity contribution in [3.05, 3.63) is 41.9 Å². The highest BCUT2D eigenvalue weighted by molar-refractivity contribution is 7.99. The van der Waals surface area contributed by atoms with Crippen LogP contribution in [0.1, 0.15) is 25.3 Å². The average molecular weight is 337 g/mol. The predicted octanol–water partition coefficient (Wildman–Crippen LogP) is 3.75. The Morgan fingerprint density at radius 1 is 1.23 bits per heavy atom. The molecular weight excluding hydrogens is 316 g/mol. The number of aromatic nitrogens is 3. The van der Waals surface area contributed by atoms with E-state index in [0.29, 0.717) is 6.04 Å². The van der Waals surface area contributed by atoms with Crippen molar-refractivity contribution >= 4 is 23.4 Å². The molecule has 0 atom stereocenters. The van der Waals surface area contributed by atoms with E-state index in [1.807, 2.05) is 41.0 Å².